The summed E-state index contributed by atoms with van der Waals surface area (Å²) in [5.41, 5.74) is 2.91. The molecule has 5 nitrogen and oxygen atoms in total. The molecule has 5 saturated carbocycles. The standard InChI is InChI=1S/C24H34N2O3/c1-14-6-21(15(2)26(14)20-4-5-20)23(28)29-13-22(27)25-16(3)24-10-17-7-18(11-24)9-19(8-17)12-24/h6,16-20H,4-5,7-13H2,1-3H3,(H,25,27)/t16-,17?,18?,19?,24?/m1/s1. The molecule has 0 aliphatic heterocycles. The average Bonchev–Trinajstić information content (AvgIpc) is 3.43. The van der Waals surface area contributed by atoms with Crippen LogP contribution in [0.1, 0.15) is 86.1 Å². The zero-order valence-corrected chi connectivity index (χ0v) is 18.0. The van der Waals surface area contributed by atoms with Crippen LogP contribution in [0, 0.1) is 37.0 Å². The average molecular weight is 399 g/mol. The van der Waals surface area contributed by atoms with Crippen LogP contribution in [0.4, 0.5) is 0 Å². The van der Waals surface area contributed by atoms with Gasteiger partial charge in [-0.15, -0.1) is 0 Å². The lowest BCUT2D eigenvalue weighted by atomic mass is 9.48. The number of rotatable bonds is 6. The normalized spacial score (nSPS) is 33.6. The Balaban J connectivity index is 1.17. The molecule has 5 aliphatic rings. The number of nitrogens with one attached hydrogen (secondary N) is 1. The van der Waals surface area contributed by atoms with Crippen molar-refractivity contribution in [2.24, 2.45) is 23.2 Å². The van der Waals surface area contributed by atoms with Gasteiger partial charge in [-0.2, -0.15) is 0 Å². The fourth-order valence-corrected chi connectivity index (χ4v) is 7.23. The molecular formula is C24H34N2O3. The van der Waals surface area contributed by atoms with E-state index in [0.29, 0.717) is 11.6 Å². The second kappa shape index (κ2) is 6.88. The molecule has 4 bridgehead atoms. The molecule has 0 saturated heterocycles. The maximum absolute atomic E-state index is 12.6. The van der Waals surface area contributed by atoms with E-state index >= 15 is 0 Å². The van der Waals surface area contributed by atoms with E-state index in [9.17, 15) is 9.59 Å². The quantitative estimate of drug-likeness (QED) is 0.726. The summed E-state index contributed by atoms with van der Waals surface area (Å²) in [4.78, 5) is 25.1. The number of nitrogens with zero attached hydrogens (tertiary/aromatic N) is 1. The van der Waals surface area contributed by atoms with E-state index in [4.69, 9.17) is 4.74 Å². The van der Waals surface area contributed by atoms with Crippen LogP contribution >= 0.6 is 0 Å². The molecule has 158 valence electrons. The van der Waals surface area contributed by atoms with E-state index in [1.807, 2.05) is 19.9 Å². The topological polar surface area (TPSA) is 60.3 Å². The Morgan fingerprint density at radius 1 is 1.14 bits per heavy atom. The smallest absolute Gasteiger partial charge is 0.340 e. The lowest BCUT2D eigenvalue weighted by Gasteiger charge is -2.59. The first-order valence-corrected chi connectivity index (χ1v) is 11.5. The second-order valence-corrected chi connectivity index (χ2v) is 10.5. The number of carbonyl (C=O) groups is 2. The Kier molecular flexibility index (Phi) is 4.56. The summed E-state index contributed by atoms with van der Waals surface area (Å²) in [5, 5.41) is 3.18. The van der Waals surface area contributed by atoms with Gasteiger partial charge in [0.15, 0.2) is 6.61 Å². The highest BCUT2D eigenvalue weighted by molar-refractivity contribution is 5.92. The van der Waals surface area contributed by atoms with Crippen molar-refractivity contribution in [1.29, 1.82) is 0 Å². The molecule has 1 N–H and O–H groups in total. The van der Waals surface area contributed by atoms with Crippen molar-refractivity contribution in [3.8, 4) is 0 Å². The van der Waals surface area contributed by atoms with Crippen LogP contribution in [0.15, 0.2) is 6.07 Å². The number of hydrogen-bond acceptors (Lipinski definition) is 3. The Morgan fingerprint density at radius 3 is 2.28 bits per heavy atom. The van der Waals surface area contributed by atoms with Gasteiger partial charge >= 0.3 is 5.97 Å². The van der Waals surface area contributed by atoms with Gasteiger partial charge < -0.3 is 14.6 Å². The Bertz CT molecular complexity index is 800. The van der Waals surface area contributed by atoms with Crippen molar-refractivity contribution in [2.45, 2.75) is 84.2 Å². The van der Waals surface area contributed by atoms with Crippen molar-refractivity contribution in [3.05, 3.63) is 23.0 Å². The van der Waals surface area contributed by atoms with E-state index in [-0.39, 0.29) is 29.9 Å². The zero-order valence-electron chi connectivity index (χ0n) is 18.0. The van der Waals surface area contributed by atoms with Gasteiger partial charge in [0.1, 0.15) is 0 Å². The van der Waals surface area contributed by atoms with Gasteiger partial charge in [-0.3, -0.25) is 4.79 Å². The SMILES string of the molecule is Cc1cc(C(=O)OCC(=O)N[C@H](C)C23CC4CC(CC(C4)C2)C3)c(C)n1C1CC1. The van der Waals surface area contributed by atoms with Gasteiger partial charge in [-0.1, -0.05) is 0 Å². The highest BCUT2D eigenvalue weighted by Crippen LogP contribution is 2.61. The van der Waals surface area contributed by atoms with Crippen LogP contribution in [0.5, 0.6) is 0 Å². The molecule has 1 aromatic heterocycles. The molecule has 5 aliphatic carbocycles. The second-order valence-electron chi connectivity index (χ2n) is 10.5. The fraction of sp³-hybridized carbons (Fsp3) is 0.750. The minimum Gasteiger partial charge on any atom is -0.452 e. The highest BCUT2D eigenvalue weighted by atomic mass is 16.5. The molecule has 29 heavy (non-hydrogen) atoms. The number of ether oxygens (including phenoxy) is 1. The largest absolute Gasteiger partial charge is 0.452 e. The Labute approximate surface area is 173 Å². The lowest BCUT2D eigenvalue weighted by molar-refractivity contribution is -0.128. The van der Waals surface area contributed by atoms with E-state index in [1.165, 1.54) is 51.4 Å². The van der Waals surface area contributed by atoms with Gasteiger partial charge in [-0.25, -0.2) is 4.79 Å². The molecule has 6 rings (SSSR count). The zero-order chi connectivity index (χ0) is 20.3. The summed E-state index contributed by atoms with van der Waals surface area (Å²) in [6, 6.07) is 2.58. The summed E-state index contributed by atoms with van der Waals surface area (Å²) in [7, 11) is 0. The van der Waals surface area contributed by atoms with Crippen LogP contribution < -0.4 is 5.32 Å². The monoisotopic (exact) mass is 398 g/mol. The number of carbonyl (C=O) groups excluding carboxylic acids is 2. The van der Waals surface area contributed by atoms with Crippen molar-refractivity contribution in [2.75, 3.05) is 6.61 Å². The van der Waals surface area contributed by atoms with Gasteiger partial charge in [0.05, 0.1) is 5.56 Å². The Morgan fingerprint density at radius 2 is 1.72 bits per heavy atom. The molecule has 0 aromatic carbocycles. The predicted octanol–water partition coefficient (Wildman–Crippen LogP) is 4.32. The minimum atomic E-state index is -0.386. The molecule has 1 amide bonds. The molecular weight excluding hydrogens is 364 g/mol. The van der Waals surface area contributed by atoms with Crippen LogP contribution in [0.2, 0.25) is 0 Å². The van der Waals surface area contributed by atoms with Crippen LogP contribution in [0.25, 0.3) is 0 Å². The molecule has 5 heteroatoms. The lowest BCUT2D eigenvalue weighted by Crippen LogP contribution is -2.56. The number of aromatic nitrogens is 1. The van der Waals surface area contributed by atoms with Crippen LogP contribution in [-0.4, -0.2) is 29.1 Å². The number of aryl methyl sites for hydroxylation is 1. The van der Waals surface area contributed by atoms with E-state index < -0.39 is 0 Å². The van der Waals surface area contributed by atoms with E-state index in [0.717, 1.165) is 29.1 Å². The third kappa shape index (κ3) is 3.40. The third-order valence-corrected chi connectivity index (χ3v) is 8.33. The maximum Gasteiger partial charge on any atom is 0.340 e. The van der Waals surface area contributed by atoms with Crippen molar-refractivity contribution in [1.82, 2.24) is 9.88 Å². The molecule has 1 atom stereocenters. The minimum absolute atomic E-state index is 0.155. The third-order valence-electron chi connectivity index (χ3n) is 8.33. The summed E-state index contributed by atoms with van der Waals surface area (Å²) in [6.07, 6.45) is 10.3. The summed E-state index contributed by atoms with van der Waals surface area (Å²) >= 11 is 0. The Hall–Kier alpha value is -1.78. The first-order chi connectivity index (χ1) is 13.8. The number of hydrogen-bond donors (Lipinski definition) is 1. The van der Waals surface area contributed by atoms with Gasteiger partial charge in [0.25, 0.3) is 5.91 Å². The maximum atomic E-state index is 12.6. The van der Waals surface area contributed by atoms with Crippen LogP contribution in [-0.2, 0) is 9.53 Å². The number of amides is 1. The molecule has 0 radical (unpaired) electrons. The first kappa shape index (κ1) is 19.2. The molecule has 1 aromatic rings. The van der Waals surface area contributed by atoms with Crippen molar-refractivity contribution >= 4 is 11.9 Å². The van der Waals surface area contributed by atoms with Crippen LogP contribution in [0.3, 0.4) is 0 Å². The number of esters is 1. The van der Waals surface area contributed by atoms with E-state index in [1.54, 1.807) is 0 Å². The molecule has 0 unspecified atom stereocenters. The fourth-order valence-electron chi connectivity index (χ4n) is 7.23. The predicted molar refractivity (Wildman–Crippen MR) is 111 cm³/mol. The summed E-state index contributed by atoms with van der Waals surface area (Å²) < 4.78 is 7.62. The van der Waals surface area contributed by atoms with Gasteiger partial charge in [0, 0.05) is 23.5 Å². The molecule has 1 heterocycles. The first-order valence-electron chi connectivity index (χ1n) is 11.5. The summed E-state index contributed by atoms with van der Waals surface area (Å²) in [5.74, 6) is 2.03. The van der Waals surface area contributed by atoms with Crippen molar-refractivity contribution < 1.29 is 14.3 Å². The molecule has 5 fully saturated rings. The van der Waals surface area contributed by atoms with Gasteiger partial charge in [-0.05, 0) is 101 Å². The summed E-state index contributed by atoms with van der Waals surface area (Å²) in [6.45, 7) is 5.97. The van der Waals surface area contributed by atoms with E-state index in [2.05, 4.69) is 16.8 Å². The highest BCUT2D eigenvalue weighted by Gasteiger charge is 2.53. The van der Waals surface area contributed by atoms with Crippen molar-refractivity contribution in [3.63, 3.8) is 0 Å². The van der Waals surface area contributed by atoms with Gasteiger partial charge in [0.2, 0.25) is 0 Å². The molecule has 0 spiro atoms.